The first-order valence-electron chi connectivity index (χ1n) is 8.72. The number of nitro groups is 1. The number of hydrogen-bond donors (Lipinski definition) is 0. The molecule has 130 valence electrons. The molecule has 1 aromatic carbocycles. The number of nitro benzene ring substituents is 1. The third-order valence-electron chi connectivity index (χ3n) is 5.06. The number of nitrogens with zero attached hydrogens (tertiary/aromatic N) is 3. The van der Waals surface area contributed by atoms with Gasteiger partial charge >= 0.3 is 0 Å². The Labute approximate surface area is 147 Å². The van der Waals surface area contributed by atoms with Crippen LogP contribution in [0.1, 0.15) is 45.1 Å². The van der Waals surface area contributed by atoms with E-state index in [1.165, 1.54) is 25.7 Å². The largest absolute Gasteiger partial charge is 0.344 e. The van der Waals surface area contributed by atoms with Crippen molar-refractivity contribution in [3.05, 3.63) is 33.9 Å². The summed E-state index contributed by atoms with van der Waals surface area (Å²) in [6.07, 6.45) is 5.12. The SMILES string of the molecule is Cc1cc([N+](=O)[O-])ccc1N=C1SC[C@H](C(C)C)N1C1CCCC1. The summed E-state index contributed by atoms with van der Waals surface area (Å²) in [5, 5.41) is 12.0. The zero-order valence-electron chi connectivity index (χ0n) is 14.6. The number of aliphatic imine (C=N–C) groups is 1. The molecule has 1 aliphatic carbocycles. The van der Waals surface area contributed by atoms with Crippen LogP contribution in [0.15, 0.2) is 23.2 Å². The molecule has 0 N–H and O–H groups in total. The maximum Gasteiger partial charge on any atom is 0.269 e. The van der Waals surface area contributed by atoms with E-state index >= 15 is 0 Å². The Morgan fingerprint density at radius 1 is 1.33 bits per heavy atom. The lowest BCUT2D eigenvalue weighted by Crippen LogP contribution is -2.43. The van der Waals surface area contributed by atoms with E-state index in [2.05, 4.69) is 18.7 Å². The fraction of sp³-hybridized carbons (Fsp3) is 0.611. The van der Waals surface area contributed by atoms with Gasteiger partial charge in [-0.05, 0) is 37.3 Å². The molecule has 6 heteroatoms. The molecule has 1 atom stereocenters. The lowest BCUT2D eigenvalue weighted by molar-refractivity contribution is -0.384. The number of hydrogen-bond acceptors (Lipinski definition) is 4. The van der Waals surface area contributed by atoms with E-state index in [-0.39, 0.29) is 10.6 Å². The van der Waals surface area contributed by atoms with Gasteiger partial charge in [-0.3, -0.25) is 10.1 Å². The normalized spacial score (nSPS) is 23.6. The Bertz CT molecular complexity index is 654. The van der Waals surface area contributed by atoms with E-state index in [4.69, 9.17) is 4.99 Å². The lowest BCUT2D eigenvalue weighted by Gasteiger charge is -2.34. The number of benzene rings is 1. The molecule has 2 aliphatic rings. The van der Waals surface area contributed by atoms with Crippen LogP contribution in [0.25, 0.3) is 0 Å². The van der Waals surface area contributed by atoms with Crippen LogP contribution in [0.2, 0.25) is 0 Å². The van der Waals surface area contributed by atoms with E-state index in [0.29, 0.717) is 18.0 Å². The van der Waals surface area contributed by atoms with E-state index in [9.17, 15) is 10.1 Å². The predicted octanol–water partition coefficient (Wildman–Crippen LogP) is 4.91. The van der Waals surface area contributed by atoms with Gasteiger partial charge in [0.1, 0.15) is 0 Å². The van der Waals surface area contributed by atoms with Crippen molar-refractivity contribution in [1.82, 2.24) is 4.90 Å². The maximum atomic E-state index is 10.9. The van der Waals surface area contributed by atoms with Crippen molar-refractivity contribution in [2.45, 2.75) is 58.5 Å². The first-order chi connectivity index (χ1) is 11.5. The average molecular weight is 347 g/mol. The van der Waals surface area contributed by atoms with Gasteiger partial charge < -0.3 is 4.90 Å². The maximum absolute atomic E-state index is 10.9. The monoisotopic (exact) mass is 347 g/mol. The minimum Gasteiger partial charge on any atom is -0.344 e. The summed E-state index contributed by atoms with van der Waals surface area (Å²) in [6.45, 7) is 6.46. The highest BCUT2D eigenvalue weighted by Gasteiger charge is 2.38. The topological polar surface area (TPSA) is 58.7 Å². The summed E-state index contributed by atoms with van der Waals surface area (Å²) < 4.78 is 0. The standard InChI is InChI=1S/C18H25N3O2S/c1-12(2)17-11-24-18(20(17)14-6-4-5-7-14)19-16-9-8-15(21(22)23)10-13(16)3/h8-10,12,14,17H,4-7,11H2,1-3H3/t17-/m1/s1. The van der Waals surface area contributed by atoms with Crippen LogP contribution >= 0.6 is 11.8 Å². The summed E-state index contributed by atoms with van der Waals surface area (Å²) in [5.74, 6) is 1.68. The van der Waals surface area contributed by atoms with Crippen LogP contribution in [-0.2, 0) is 0 Å². The highest BCUT2D eigenvalue weighted by atomic mass is 32.2. The molecule has 0 aromatic heterocycles. The van der Waals surface area contributed by atoms with Gasteiger partial charge in [-0.2, -0.15) is 0 Å². The lowest BCUT2D eigenvalue weighted by atomic mass is 10.0. The third-order valence-corrected chi connectivity index (χ3v) is 6.12. The average Bonchev–Trinajstić information content (AvgIpc) is 3.17. The second-order valence-electron chi connectivity index (χ2n) is 7.09. The second kappa shape index (κ2) is 7.13. The second-order valence-corrected chi connectivity index (χ2v) is 8.08. The van der Waals surface area contributed by atoms with Gasteiger partial charge in [0.15, 0.2) is 5.17 Å². The smallest absolute Gasteiger partial charge is 0.269 e. The van der Waals surface area contributed by atoms with Crippen molar-refractivity contribution in [3.8, 4) is 0 Å². The fourth-order valence-electron chi connectivity index (χ4n) is 3.65. The molecule has 0 amide bonds. The van der Waals surface area contributed by atoms with Gasteiger partial charge in [-0.15, -0.1) is 0 Å². The predicted molar refractivity (Wildman–Crippen MR) is 100 cm³/mol. The number of amidine groups is 1. The van der Waals surface area contributed by atoms with Gasteiger partial charge in [0, 0.05) is 30.0 Å². The fourth-order valence-corrected chi connectivity index (χ4v) is 5.11. The molecular formula is C18H25N3O2S. The number of rotatable bonds is 4. The molecule has 0 radical (unpaired) electrons. The molecule has 24 heavy (non-hydrogen) atoms. The molecule has 0 bridgehead atoms. The summed E-state index contributed by atoms with van der Waals surface area (Å²) in [5.41, 5.74) is 1.83. The van der Waals surface area contributed by atoms with Gasteiger partial charge in [-0.25, -0.2) is 4.99 Å². The van der Waals surface area contributed by atoms with Gasteiger partial charge in [0.2, 0.25) is 0 Å². The van der Waals surface area contributed by atoms with Crippen molar-refractivity contribution in [2.24, 2.45) is 10.9 Å². The minimum absolute atomic E-state index is 0.128. The van der Waals surface area contributed by atoms with Crippen molar-refractivity contribution >= 4 is 28.3 Å². The van der Waals surface area contributed by atoms with Crippen LogP contribution in [0.4, 0.5) is 11.4 Å². The van der Waals surface area contributed by atoms with Crippen molar-refractivity contribution in [1.29, 1.82) is 0 Å². The molecule has 0 spiro atoms. The molecule has 1 aliphatic heterocycles. The summed E-state index contributed by atoms with van der Waals surface area (Å²) in [6, 6.07) is 6.07. The Balaban J connectivity index is 1.91. The molecule has 3 rings (SSSR count). The van der Waals surface area contributed by atoms with Crippen LogP contribution in [0, 0.1) is 23.0 Å². The summed E-state index contributed by atoms with van der Waals surface area (Å²) in [7, 11) is 0. The van der Waals surface area contributed by atoms with Crippen LogP contribution in [-0.4, -0.2) is 32.8 Å². The Morgan fingerprint density at radius 2 is 2.04 bits per heavy atom. The van der Waals surface area contributed by atoms with E-state index in [0.717, 1.165) is 22.2 Å². The van der Waals surface area contributed by atoms with E-state index < -0.39 is 0 Å². The number of thioether (sulfide) groups is 1. The molecule has 5 nitrogen and oxygen atoms in total. The van der Waals surface area contributed by atoms with E-state index in [1.807, 2.05) is 18.7 Å². The molecule has 2 fully saturated rings. The van der Waals surface area contributed by atoms with Crippen LogP contribution < -0.4 is 0 Å². The van der Waals surface area contributed by atoms with Crippen molar-refractivity contribution in [3.63, 3.8) is 0 Å². The number of aryl methyl sites for hydroxylation is 1. The van der Waals surface area contributed by atoms with Gasteiger partial charge in [0.25, 0.3) is 5.69 Å². The third kappa shape index (κ3) is 3.43. The zero-order chi connectivity index (χ0) is 17.3. The van der Waals surface area contributed by atoms with Gasteiger partial charge in [-0.1, -0.05) is 38.5 Å². The highest BCUT2D eigenvalue weighted by Crippen LogP contribution is 2.37. The first-order valence-corrected chi connectivity index (χ1v) is 9.71. The highest BCUT2D eigenvalue weighted by molar-refractivity contribution is 8.14. The van der Waals surface area contributed by atoms with E-state index in [1.54, 1.807) is 18.2 Å². The van der Waals surface area contributed by atoms with Crippen molar-refractivity contribution in [2.75, 3.05) is 5.75 Å². The molecule has 1 heterocycles. The Morgan fingerprint density at radius 3 is 2.62 bits per heavy atom. The quantitative estimate of drug-likeness (QED) is 0.574. The van der Waals surface area contributed by atoms with Crippen molar-refractivity contribution < 1.29 is 4.92 Å². The van der Waals surface area contributed by atoms with Crippen LogP contribution in [0.3, 0.4) is 0 Å². The molecule has 1 aromatic rings. The van der Waals surface area contributed by atoms with Crippen LogP contribution in [0.5, 0.6) is 0 Å². The first kappa shape index (κ1) is 17.3. The Kier molecular flexibility index (Phi) is 5.13. The summed E-state index contributed by atoms with van der Waals surface area (Å²) in [4.78, 5) is 18.0. The Hall–Kier alpha value is -1.56. The van der Waals surface area contributed by atoms with Gasteiger partial charge in [0.05, 0.1) is 10.6 Å². The molecule has 1 saturated heterocycles. The molecular weight excluding hydrogens is 322 g/mol. The summed E-state index contributed by atoms with van der Waals surface area (Å²) >= 11 is 1.83. The minimum atomic E-state index is -0.353. The number of non-ortho nitro benzene ring substituents is 1. The molecule has 1 saturated carbocycles. The zero-order valence-corrected chi connectivity index (χ0v) is 15.4. The molecule has 0 unspecified atom stereocenters.